The molecule has 2 fully saturated rings. The minimum atomic E-state index is -0.468. The summed E-state index contributed by atoms with van der Waals surface area (Å²) in [6.45, 7) is 7.64. The van der Waals surface area contributed by atoms with E-state index in [0.717, 1.165) is 31.6 Å². The van der Waals surface area contributed by atoms with Crippen LogP contribution in [0.15, 0.2) is 66.9 Å². The second-order valence-corrected chi connectivity index (χ2v) is 10.7. The van der Waals surface area contributed by atoms with Crippen LogP contribution in [0.3, 0.4) is 0 Å². The summed E-state index contributed by atoms with van der Waals surface area (Å²) in [4.78, 5) is 34.8. The van der Waals surface area contributed by atoms with Crippen molar-refractivity contribution in [2.45, 2.75) is 45.0 Å². The molecular weight excluding hydrogens is 478 g/mol. The predicted molar refractivity (Wildman–Crippen MR) is 146 cm³/mol. The Kier molecular flexibility index (Phi) is 6.59. The van der Waals surface area contributed by atoms with Gasteiger partial charge in [-0.2, -0.15) is 0 Å². The molecule has 6 rings (SSSR count). The third-order valence-corrected chi connectivity index (χ3v) is 7.89. The summed E-state index contributed by atoms with van der Waals surface area (Å²) < 4.78 is 6.02. The Labute approximate surface area is 223 Å². The van der Waals surface area contributed by atoms with Gasteiger partial charge in [-0.3, -0.25) is 15.0 Å². The fraction of sp³-hybridized carbons (Fsp3) is 0.367. The Hall–Kier alpha value is -3.75. The van der Waals surface area contributed by atoms with Crippen molar-refractivity contribution in [3.05, 3.63) is 89.1 Å². The van der Waals surface area contributed by atoms with Crippen molar-refractivity contribution in [3.63, 3.8) is 0 Å². The van der Waals surface area contributed by atoms with E-state index in [1.165, 1.54) is 11.1 Å². The number of anilines is 2. The van der Waals surface area contributed by atoms with Crippen LogP contribution in [0.25, 0.3) is 0 Å². The molecule has 38 heavy (non-hydrogen) atoms. The van der Waals surface area contributed by atoms with Gasteiger partial charge in [0.05, 0.1) is 18.3 Å². The molecule has 3 amide bonds. The van der Waals surface area contributed by atoms with Gasteiger partial charge >= 0.3 is 6.03 Å². The number of hydrogen-bond donors (Lipinski definition) is 2. The van der Waals surface area contributed by atoms with Gasteiger partial charge in [-0.05, 0) is 60.2 Å². The third kappa shape index (κ3) is 4.66. The minimum Gasteiger partial charge on any atom is -0.352 e. The van der Waals surface area contributed by atoms with Gasteiger partial charge in [-0.1, -0.05) is 50.2 Å². The first-order valence-electron chi connectivity index (χ1n) is 13.4. The fourth-order valence-corrected chi connectivity index (χ4v) is 5.91. The van der Waals surface area contributed by atoms with Crippen molar-refractivity contribution >= 4 is 23.4 Å². The Morgan fingerprint density at radius 3 is 2.76 bits per heavy atom. The number of amides is 3. The molecule has 0 radical (unpaired) electrons. The highest BCUT2D eigenvalue weighted by molar-refractivity contribution is 6.05. The standard InChI is InChI=1S/C30H33N5O3/c1-19(2)25-18-38-29-27-23(28(36)35(25)29)9-6-10-24(27)32-30(37)33-26-15-21(11-13-31-26)22-12-14-34(17-22)16-20-7-4-3-5-8-20/h3-11,13,15,19,22,25,29H,12,14,16-18H2,1-2H3,(H2,31,32,33,37)/t22?,25-,29?/m0/s1. The second kappa shape index (κ2) is 10.2. The van der Waals surface area contributed by atoms with Crippen LogP contribution < -0.4 is 10.6 Å². The van der Waals surface area contributed by atoms with Gasteiger partial charge in [0, 0.05) is 30.4 Å². The average Bonchev–Trinajstić information content (AvgIpc) is 3.62. The highest BCUT2D eigenvalue weighted by Crippen LogP contribution is 2.45. The van der Waals surface area contributed by atoms with E-state index in [2.05, 4.69) is 58.6 Å². The molecule has 1 aromatic heterocycles. The number of hydrogen-bond acceptors (Lipinski definition) is 5. The molecule has 2 saturated heterocycles. The van der Waals surface area contributed by atoms with E-state index in [1.54, 1.807) is 18.3 Å². The van der Waals surface area contributed by atoms with Crippen molar-refractivity contribution in [3.8, 4) is 0 Å². The summed E-state index contributed by atoms with van der Waals surface area (Å²) in [7, 11) is 0. The summed E-state index contributed by atoms with van der Waals surface area (Å²) >= 11 is 0. The second-order valence-electron chi connectivity index (χ2n) is 10.7. The number of likely N-dealkylation sites (tertiary alicyclic amines) is 1. The molecular formula is C30H33N5O3. The molecule has 3 aliphatic rings. The summed E-state index contributed by atoms with van der Waals surface area (Å²) in [5.74, 6) is 1.14. The minimum absolute atomic E-state index is 0.0210. The molecule has 0 spiro atoms. The summed E-state index contributed by atoms with van der Waals surface area (Å²) in [6, 6.07) is 19.5. The molecule has 0 aliphatic carbocycles. The normalized spacial score (nSPS) is 22.6. The number of nitrogens with zero attached hydrogens (tertiary/aromatic N) is 3. The van der Waals surface area contributed by atoms with Crippen molar-refractivity contribution in [2.24, 2.45) is 5.92 Å². The lowest BCUT2D eigenvalue weighted by Crippen LogP contribution is -2.37. The van der Waals surface area contributed by atoms with Gasteiger partial charge in [0.15, 0.2) is 6.23 Å². The van der Waals surface area contributed by atoms with E-state index in [-0.39, 0.29) is 17.9 Å². The first-order chi connectivity index (χ1) is 18.5. The molecule has 2 N–H and O–H groups in total. The van der Waals surface area contributed by atoms with Crippen LogP contribution in [0.5, 0.6) is 0 Å². The summed E-state index contributed by atoms with van der Waals surface area (Å²) in [5.41, 5.74) is 4.38. The van der Waals surface area contributed by atoms with Gasteiger partial charge in [-0.25, -0.2) is 9.78 Å². The maximum Gasteiger partial charge on any atom is 0.324 e. The molecule has 3 atom stereocenters. The number of carbonyl (C=O) groups is 2. The Morgan fingerprint density at radius 1 is 1.11 bits per heavy atom. The molecule has 2 aromatic carbocycles. The Balaban J connectivity index is 1.12. The molecule has 0 saturated carbocycles. The van der Waals surface area contributed by atoms with Crippen molar-refractivity contribution < 1.29 is 14.3 Å². The first-order valence-corrected chi connectivity index (χ1v) is 13.4. The predicted octanol–water partition coefficient (Wildman–Crippen LogP) is 5.22. The smallest absolute Gasteiger partial charge is 0.324 e. The number of carbonyl (C=O) groups excluding carboxylic acids is 2. The van der Waals surface area contributed by atoms with E-state index in [4.69, 9.17) is 4.74 Å². The zero-order chi connectivity index (χ0) is 26.2. The Morgan fingerprint density at radius 2 is 1.95 bits per heavy atom. The number of pyridine rings is 1. The number of nitrogens with one attached hydrogen (secondary N) is 2. The summed E-state index contributed by atoms with van der Waals surface area (Å²) in [6.07, 6.45) is 2.35. The third-order valence-electron chi connectivity index (χ3n) is 7.89. The van der Waals surface area contributed by atoms with Crippen LogP contribution in [0, 0.1) is 5.92 Å². The number of rotatable bonds is 6. The quantitative estimate of drug-likeness (QED) is 0.474. The van der Waals surface area contributed by atoms with Crippen LogP contribution >= 0.6 is 0 Å². The van der Waals surface area contributed by atoms with Crippen LogP contribution in [0.1, 0.15) is 59.5 Å². The largest absolute Gasteiger partial charge is 0.352 e. The molecule has 3 aliphatic heterocycles. The molecule has 2 unspecified atom stereocenters. The number of ether oxygens (including phenoxy) is 1. The van der Waals surface area contributed by atoms with Gasteiger partial charge in [-0.15, -0.1) is 0 Å². The molecule has 8 heteroatoms. The zero-order valence-electron chi connectivity index (χ0n) is 21.8. The maximum absolute atomic E-state index is 13.1. The first kappa shape index (κ1) is 24.6. The van der Waals surface area contributed by atoms with Crippen LogP contribution in [0.4, 0.5) is 16.3 Å². The van der Waals surface area contributed by atoms with Crippen LogP contribution in [-0.4, -0.2) is 52.5 Å². The van der Waals surface area contributed by atoms with Crippen molar-refractivity contribution in [1.29, 1.82) is 0 Å². The highest BCUT2D eigenvalue weighted by Gasteiger charge is 2.48. The maximum atomic E-state index is 13.1. The molecule has 3 aromatic rings. The lowest BCUT2D eigenvalue weighted by atomic mass is 9.99. The van der Waals surface area contributed by atoms with Gasteiger partial charge in [0.2, 0.25) is 0 Å². The average molecular weight is 512 g/mol. The summed E-state index contributed by atoms with van der Waals surface area (Å²) in [5, 5.41) is 5.81. The lowest BCUT2D eigenvalue weighted by Gasteiger charge is -2.24. The van der Waals surface area contributed by atoms with Crippen LogP contribution in [-0.2, 0) is 11.3 Å². The van der Waals surface area contributed by atoms with E-state index in [1.807, 2.05) is 29.2 Å². The molecule has 196 valence electrons. The SMILES string of the molecule is CC(C)[C@@H]1COC2c3c(NC(=O)Nc4cc(C5CCN(Cc6ccccc6)C5)ccn4)cccc3C(=O)N21. The Bertz CT molecular complexity index is 1340. The van der Waals surface area contributed by atoms with E-state index >= 15 is 0 Å². The topological polar surface area (TPSA) is 86.8 Å². The monoisotopic (exact) mass is 511 g/mol. The number of fused-ring (bicyclic) bond motifs is 3. The number of benzene rings is 2. The lowest BCUT2D eigenvalue weighted by molar-refractivity contribution is 0.0342. The van der Waals surface area contributed by atoms with Gasteiger partial charge < -0.3 is 15.0 Å². The zero-order valence-corrected chi connectivity index (χ0v) is 21.8. The van der Waals surface area contributed by atoms with Gasteiger partial charge in [0.25, 0.3) is 5.91 Å². The van der Waals surface area contributed by atoms with Gasteiger partial charge in [0.1, 0.15) is 5.82 Å². The van der Waals surface area contributed by atoms with E-state index < -0.39 is 12.3 Å². The molecule has 0 bridgehead atoms. The number of aromatic nitrogens is 1. The van der Waals surface area contributed by atoms with Crippen molar-refractivity contribution in [2.75, 3.05) is 30.3 Å². The van der Waals surface area contributed by atoms with Crippen molar-refractivity contribution in [1.82, 2.24) is 14.8 Å². The highest BCUT2D eigenvalue weighted by atomic mass is 16.5. The van der Waals surface area contributed by atoms with E-state index in [0.29, 0.717) is 29.6 Å². The molecule has 4 heterocycles. The molecule has 8 nitrogen and oxygen atoms in total. The number of urea groups is 1. The van der Waals surface area contributed by atoms with E-state index in [9.17, 15) is 9.59 Å². The fourth-order valence-electron chi connectivity index (χ4n) is 5.91. The van der Waals surface area contributed by atoms with Crippen LogP contribution in [0.2, 0.25) is 0 Å².